The third-order valence-electron chi connectivity index (χ3n) is 3.81. The molecule has 3 aromatic rings. The summed E-state index contributed by atoms with van der Waals surface area (Å²) < 4.78 is 0. The molecule has 0 saturated carbocycles. The average Bonchev–Trinajstić information content (AvgIpc) is 2.49. The molecule has 0 spiro atoms. The predicted octanol–water partition coefficient (Wildman–Crippen LogP) is 4.87. The molecule has 2 N–H and O–H groups in total. The van der Waals surface area contributed by atoms with E-state index in [-0.39, 0.29) is 5.75 Å². The van der Waals surface area contributed by atoms with Crippen LogP contribution in [0.1, 0.15) is 18.9 Å². The summed E-state index contributed by atoms with van der Waals surface area (Å²) in [4.78, 5) is 0. The molecule has 0 heterocycles. The van der Waals surface area contributed by atoms with Crippen molar-refractivity contribution in [2.45, 2.75) is 19.8 Å². The molecule has 2 heteroatoms. The minimum Gasteiger partial charge on any atom is -0.508 e. The number of fused-ring (bicyclic) bond motifs is 1. The van der Waals surface area contributed by atoms with Gasteiger partial charge in [-0.1, -0.05) is 49.7 Å². The van der Waals surface area contributed by atoms with Gasteiger partial charge in [-0.05, 0) is 46.7 Å². The summed E-state index contributed by atoms with van der Waals surface area (Å²) in [5.41, 5.74) is 3.23. The standard InChI is InChI=1S/C19H18O2/c1-2-4-13-9-12-17(14-7-10-15(20)11-8-14)19-16(13)5-3-6-18(19)21/h3,5-12,20-21H,2,4H2,1H3. The summed E-state index contributed by atoms with van der Waals surface area (Å²) in [5, 5.41) is 21.7. The van der Waals surface area contributed by atoms with E-state index in [1.165, 1.54) is 5.56 Å². The van der Waals surface area contributed by atoms with Gasteiger partial charge >= 0.3 is 0 Å². The fourth-order valence-electron chi connectivity index (χ4n) is 2.82. The van der Waals surface area contributed by atoms with Gasteiger partial charge in [0, 0.05) is 5.39 Å². The predicted molar refractivity (Wildman–Crippen MR) is 86.7 cm³/mol. The zero-order chi connectivity index (χ0) is 14.8. The Kier molecular flexibility index (Phi) is 3.53. The van der Waals surface area contributed by atoms with E-state index >= 15 is 0 Å². The fraction of sp³-hybridized carbons (Fsp3) is 0.158. The molecule has 0 aliphatic heterocycles. The molecule has 2 nitrogen and oxygen atoms in total. The number of rotatable bonds is 3. The van der Waals surface area contributed by atoms with E-state index in [1.807, 2.05) is 18.2 Å². The molecule has 0 aromatic heterocycles. The van der Waals surface area contributed by atoms with Crippen molar-refractivity contribution in [3.63, 3.8) is 0 Å². The number of aromatic hydroxyl groups is 2. The third-order valence-corrected chi connectivity index (χ3v) is 3.81. The Hall–Kier alpha value is -2.48. The SMILES string of the molecule is CCCc1ccc(-c2ccc(O)cc2)c2c(O)cccc12. The van der Waals surface area contributed by atoms with Crippen molar-refractivity contribution in [3.8, 4) is 22.6 Å². The van der Waals surface area contributed by atoms with Gasteiger partial charge in [-0.25, -0.2) is 0 Å². The van der Waals surface area contributed by atoms with Crippen molar-refractivity contribution >= 4 is 10.8 Å². The van der Waals surface area contributed by atoms with Crippen LogP contribution in [0.3, 0.4) is 0 Å². The van der Waals surface area contributed by atoms with E-state index in [0.29, 0.717) is 5.75 Å². The van der Waals surface area contributed by atoms with Crippen LogP contribution in [0.5, 0.6) is 11.5 Å². The van der Waals surface area contributed by atoms with Gasteiger partial charge in [0.2, 0.25) is 0 Å². The van der Waals surface area contributed by atoms with Gasteiger partial charge in [0.25, 0.3) is 0 Å². The molecule has 106 valence electrons. The Morgan fingerprint density at radius 2 is 1.62 bits per heavy atom. The molecule has 0 amide bonds. The first kappa shape index (κ1) is 13.5. The summed E-state index contributed by atoms with van der Waals surface area (Å²) in [5.74, 6) is 0.545. The lowest BCUT2D eigenvalue weighted by Crippen LogP contribution is -1.89. The van der Waals surface area contributed by atoms with Crippen LogP contribution >= 0.6 is 0 Å². The van der Waals surface area contributed by atoms with Crippen LogP contribution in [-0.4, -0.2) is 10.2 Å². The van der Waals surface area contributed by atoms with Crippen LogP contribution in [-0.2, 0) is 6.42 Å². The molecular formula is C19H18O2. The molecule has 0 fully saturated rings. The van der Waals surface area contributed by atoms with E-state index in [9.17, 15) is 10.2 Å². The minimum absolute atomic E-state index is 0.245. The van der Waals surface area contributed by atoms with Gasteiger partial charge in [-0.2, -0.15) is 0 Å². The molecule has 0 aliphatic carbocycles. The van der Waals surface area contributed by atoms with Gasteiger partial charge in [-0.15, -0.1) is 0 Å². The molecule has 3 rings (SSSR count). The molecule has 21 heavy (non-hydrogen) atoms. The van der Waals surface area contributed by atoms with Gasteiger partial charge < -0.3 is 10.2 Å². The molecule has 0 aliphatic rings. The number of benzene rings is 3. The maximum absolute atomic E-state index is 10.3. The second-order valence-corrected chi connectivity index (χ2v) is 5.27. The summed E-state index contributed by atoms with van der Waals surface area (Å²) >= 11 is 0. The minimum atomic E-state index is 0.245. The van der Waals surface area contributed by atoms with E-state index in [1.54, 1.807) is 18.2 Å². The lowest BCUT2D eigenvalue weighted by Gasteiger charge is -2.12. The molecule has 0 unspecified atom stereocenters. The van der Waals surface area contributed by atoms with Gasteiger partial charge in [0.05, 0.1) is 0 Å². The summed E-state index contributed by atoms with van der Waals surface area (Å²) in [6, 6.07) is 16.9. The Morgan fingerprint density at radius 1 is 0.857 bits per heavy atom. The summed E-state index contributed by atoms with van der Waals surface area (Å²) in [7, 11) is 0. The van der Waals surface area contributed by atoms with Crippen molar-refractivity contribution in [1.29, 1.82) is 0 Å². The smallest absolute Gasteiger partial charge is 0.124 e. The number of phenols is 2. The lowest BCUT2D eigenvalue weighted by atomic mass is 9.93. The Bertz CT molecular complexity index is 773. The molecule has 0 bridgehead atoms. The van der Waals surface area contributed by atoms with E-state index < -0.39 is 0 Å². The first-order chi connectivity index (χ1) is 10.2. The summed E-state index contributed by atoms with van der Waals surface area (Å²) in [6.45, 7) is 2.16. The van der Waals surface area contributed by atoms with Crippen LogP contribution in [0.25, 0.3) is 21.9 Å². The monoisotopic (exact) mass is 278 g/mol. The largest absolute Gasteiger partial charge is 0.508 e. The maximum atomic E-state index is 10.3. The fourth-order valence-corrected chi connectivity index (χ4v) is 2.82. The van der Waals surface area contributed by atoms with Crippen molar-refractivity contribution < 1.29 is 10.2 Å². The van der Waals surface area contributed by atoms with Gasteiger partial charge in [0.15, 0.2) is 0 Å². The number of aryl methyl sites for hydroxylation is 1. The van der Waals surface area contributed by atoms with Crippen molar-refractivity contribution in [3.05, 3.63) is 60.2 Å². The van der Waals surface area contributed by atoms with E-state index in [0.717, 1.165) is 34.7 Å². The molecule has 0 saturated heterocycles. The topological polar surface area (TPSA) is 40.5 Å². The van der Waals surface area contributed by atoms with Crippen molar-refractivity contribution in [2.75, 3.05) is 0 Å². The van der Waals surface area contributed by atoms with Crippen molar-refractivity contribution in [2.24, 2.45) is 0 Å². The van der Waals surface area contributed by atoms with Crippen LogP contribution < -0.4 is 0 Å². The first-order valence-electron chi connectivity index (χ1n) is 7.23. The highest BCUT2D eigenvalue weighted by Crippen LogP contribution is 2.37. The van der Waals surface area contributed by atoms with E-state index in [2.05, 4.69) is 25.1 Å². The molecule has 0 atom stereocenters. The normalized spacial score (nSPS) is 10.9. The van der Waals surface area contributed by atoms with Gasteiger partial charge in [-0.3, -0.25) is 0 Å². The Labute approximate surface area is 124 Å². The third kappa shape index (κ3) is 2.45. The number of hydrogen-bond donors (Lipinski definition) is 2. The van der Waals surface area contributed by atoms with Gasteiger partial charge in [0.1, 0.15) is 11.5 Å². The maximum Gasteiger partial charge on any atom is 0.124 e. The first-order valence-corrected chi connectivity index (χ1v) is 7.23. The number of phenolic OH excluding ortho intramolecular Hbond substituents is 2. The van der Waals surface area contributed by atoms with Crippen LogP contribution in [0.2, 0.25) is 0 Å². The highest BCUT2D eigenvalue weighted by molar-refractivity contribution is 6.02. The van der Waals surface area contributed by atoms with Crippen LogP contribution in [0.15, 0.2) is 54.6 Å². The van der Waals surface area contributed by atoms with Crippen molar-refractivity contribution in [1.82, 2.24) is 0 Å². The molecular weight excluding hydrogens is 260 g/mol. The Morgan fingerprint density at radius 3 is 2.33 bits per heavy atom. The zero-order valence-electron chi connectivity index (χ0n) is 12.0. The quantitative estimate of drug-likeness (QED) is 0.717. The number of hydrogen-bond acceptors (Lipinski definition) is 2. The molecule has 0 radical (unpaired) electrons. The second-order valence-electron chi connectivity index (χ2n) is 5.27. The molecule has 3 aromatic carbocycles. The lowest BCUT2D eigenvalue weighted by molar-refractivity contribution is 0.475. The summed E-state index contributed by atoms with van der Waals surface area (Å²) in [6.07, 6.45) is 2.07. The van der Waals surface area contributed by atoms with E-state index in [4.69, 9.17) is 0 Å². The Balaban J connectivity index is 2.29. The highest BCUT2D eigenvalue weighted by Gasteiger charge is 2.11. The zero-order valence-corrected chi connectivity index (χ0v) is 12.0. The highest BCUT2D eigenvalue weighted by atomic mass is 16.3. The van der Waals surface area contributed by atoms with Crippen LogP contribution in [0, 0.1) is 0 Å². The van der Waals surface area contributed by atoms with Crippen LogP contribution in [0.4, 0.5) is 0 Å². The second kappa shape index (κ2) is 5.49. The average molecular weight is 278 g/mol.